The van der Waals surface area contributed by atoms with Crippen molar-refractivity contribution in [3.63, 3.8) is 0 Å². The van der Waals surface area contributed by atoms with Crippen LogP contribution in [0.1, 0.15) is 11.8 Å². The fourth-order valence-electron chi connectivity index (χ4n) is 0.920. The highest BCUT2D eigenvalue weighted by atomic mass is 79.9. The molecule has 1 heterocycles. The first-order valence-corrected chi connectivity index (χ1v) is 4.27. The van der Waals surface area contributed by atoms with Crippen molar-refractivity contribution in [2.45, 2.75) is 6.04 Å². The van der Waals surface area contributed by atoms with Gasteiger partial charge in [-0.1, -0.05) is 0 Å². The first kappa shape index (κ1) is 9.73. The number of nitrogens with one attached hydrogen (secondary N) is 1. The SMILES string of the molecule is COCC(NN)c1occc1Br. The Labute approximate surface area is 79.2 Å². The number of hydrazine groups is 1. The normalized spacial score (nSPS) is 13.2. The van der Waals surface area contributed by atoms with E-state index in [-0.39, 0.29) is 6.04 Å². The molecule has 3 N–H and O–H groups in total. The van der Waals surface area contributed by atoms with Crippen LogP contribution in [0.5, 0.6) is 0 Å². The van der Waals surface area contributed by atoms with Crippen LogP contribution in [0.2, 0.25) is 0 Å². The molecular formula is C7H11BrN2O2. The molecule has 0 spiro atoms. The second kappa shape index (κ2) is 4.61. The van der Waals surface area contributed by atoms with Crippen molar-refractivity contribution in [2.24, 2.45) is 5.84 Å². The third-order valence-electron chi connectivity index (χ3n) is 1.50. The van der Waals surface area contributed by atoms with Gasteiger partial charge in [-0.2, -0.15) is 0 Å². The molecule has 0 radical (unpaired) electrons. The fourth-order valence-corrected chi connectivity index (χ4v) is 1.40. The van der Waals surface area contributed by atoms with Crippen LogP contribution in [0.25, 0.3) is 0 Å². The Morgan fingerprint density at radius 2 is 2.58 bits per heavy atom. The van der Waals surface area contributed by atoms with Crippen LogP contribution in [0.15, 0.2) is 21.2 Å². The second-order valence-electron chi connectivity index (χ2n) is 2.31. The van der Waals surface area contributed by atoms with Gasteiger partial charge in [0, 0.05) is 7.11 Å². The molecule has 0 amide bonds. The van der Waals surface area contributed by atoms with Crippen molar-refractivity contribution in [3.8, 4) is 0 Å². The van der Waals surface area contributed by atoms with Gasteiger partial charge in [0.25, 0.3) is 0 Å². The largest absolute Gasteiger partial charge is 0.466 e. The number of hydrogen-bond acceptors (Lipinski definition) is 4. The third-order valence-corrected chi connectivity index (χ3v) is 2.15. The van der Waals surface area contributed by atoms with Gasteiger partial charge in [0.1, 0.15) is 11.8 Å². The van der Waals surface area contributed by atoms with Crippen LogP contribution in [0.3, 0.4) is 0 Å². The third kappa shape index (κ3) is 2.07. The average Bonchev–Trinajstić information content (AvgIpc) is 2.47. The van der Waals surface area contributed by atoms with Crippen LogP contribution in [-0.2, 0) is 4.74 Å². The first-order chi connectivity index (χ1) is 5.79. The van der Waals surface area contributed by atoms with E-state index in [1.807, 2.05) is 6.07 Å². The number of rotatable bonds is 4. The summed E-state index contributed by atoms with van der Waals surface area (Å²) in [4.78, 5) is 0. The second-order valence-corrected chi connectivity index (χ2v) is 3.16. The van der Waals surface area contributed by atoms with Gasteiger partial charge in [-0.25, -0.2) is 5.43 Å². The van der Waals surface area contributed by atoms with E-state index in [0.717, 1.165) is 10.2 Å². The molecule has 68 valence electrons. The van der Waals surface area contributed by atoms with E-state index >= 15 is 0 Å². The average molecular weight is 235 g/mol. The van der Waals surface area contributed by atoms with Crippen molar-refractivity contribution in [3.05, 3.63) is 22.6 Å². The molecule has 0 bridgehead atoms. The predicted molar refractivity (Wildman–Crippen MR) is 48.3 cm³/mol. The highest BCUT2D eigenvalue weighted by Crippen LogP contribution is 2.23. The number of ether oxygens (including phenoxy) is 1. The van der Waals surface area contributed by atoms with E-state index in [4.69, 9.17) is 15.0 Å². The molecule has 0 fully saturated rings. The summed E-state index contributed by atoms with van der Waals surface area (Å²) in [5.74, 6) is 6.06. The molecule has 0 aromatic carbocycles. The van der Waals surface area contributed by atoms with Gasteiger partial charge in [0.15, 0.2) is 0 Å². The Hall–Kier alpha value is -0.360. The molecule has 0 saturated carbocycles. The molecule has 12 heavy (non-hydrogen) atoms. The van der Waals surface area contributed by atoms with E-state index in [9.17, 15) is 0 Å². The molecule has 1 rings (SSSR count). The smallest absolute Gasteiger partial charge is 0.138 e. The Morgan fingerprint density at radius 3 is 3.00 bits per heavy atom. The molecule has 1 aromatic heterocycles. The molecular weight excluding hydrogens is 224 g/mol. The van der Waals surface area contributed by atoms with Crippen LogP contribution in [0, 0.1) is 0 Å². The van der Waals surface area contributed by atoms with Gasteiger partial charge in [-0.05, 0) is 22.0 Å². The minimum absolute atomic E-state index is 0.112. The highest BCUT2D eigenvalue weighted by Gasteiger charge is 2.15. The Morgan fingerprint density at radius 1 is 1.83 bits per heavy atom. The summed E-state index contributed by atoms with van der Waals surface area (Å²) in [5.41, 5.74) is 2.60. The standard InChI is InChI=1S/C7H11BrN2O2/c1-11-4-6(10-9)7-5(8)2-3-12-7/h2-3,6,10H,4,9H2,1H3. The maximum Gasteiger partial charge on any atom is 0.138 e. The van der Waals surface area contributed by atoms with Gasteiger partial charge in [0.05, 0.1) is 17.3 Å². The molecule has 4 nitrogen and oxygen atoms in total. The van der Waals surface area contributed by atoms with Crippen molar-refractivity contribution in [1.82, 2.24) is 5.43 Å². The molecule has 0 aliphatic carbocycles. The molecule has 1 atom stereocenters. The monoisotopic (exact) mass is 234 g/mol. The number of nitrogens with two attached hydrogens (primary N) is 1. The number of furan rings is 1. The van der Waals surface area contributed by atoms with Crippen molar-refractivity contribution in [1.29, 1.82) is 0 Å². The van der Waals surface area contributed by atoms with Gasteiger partial charge < -0.3 is 9.15 Å². The van der Waals surface area contributed by atoms with Crippen molar-refractivity contribution < 1.29 is 9.15 Å². The maximum absolute atomic E-state index is 5.31. The number of methoxy groups -OCH3 is 1. The zero-order valence-corrected chi connectivity index (χ0v) is 8.30. The predicted octanol–water partition coefficient (Wildman–Crippen LogP) is 1.19. The minimum atomic E-state index is -0.112. The molecule has 0 aliphatic heterocycles. The molecule has 0 aliphatic rings. The quantitative estimate of drug-likeness (QED) is 0.608. The topological polar surface area (TPSA) is 60.4 Å². The first-order valence-electron chi connectivity index (χ1n) is 3.47. The van der Waals surface area contributed by atoms with E-state index in [2.05, 4.69) is 21.4 Å². The van der Waals surface area contributed by atoms with E-state index < -0.39 is 0 Å². The van der Waals surface area contributed by atoms with Crippen molar-refractivity contribution >= 4 is 15.9 Å². The zero-order valence-electron chi connectivity index (χ0n) is 6.71. The van der Waals surface area contributed by atoms with Crippen LogP contribution in [0.4, 0.5) is 0 Å². The van der Waals surface area contributed by atoms with E-state index in [1.54, 1.807) is 13.4 Å². The summed E-state index contributed by atoms with van der Waals surface area (Å²) >= 11 is 3.33. The van der Waals surface area contributed by atoms with Crippen LogP contribution < -0.4 is 11.3 Å². The fraction of sp³-hybridized carbons (Fsp3) is 0.429. The molecule has 0 saturated heterocycles. The minimum Gasteiger partial charge on any atom is -0.466 e. The lowest BCUT2D eigenvalue weighted by Gasteiger charge is -2.11. The Bertz CT molecular complexity index is 239. The van der Waals surface area contributed by atoms with E-state index in [0.29, 0.717) is 6.61 Å². The van der Waals surface area contributed by atoms with Crippen LogP contribution >= 0.6 is 15.9 Å². The molecule has 1 aromatic rings. The zero-order chi connectivity index (χ0) is 8.97. The lowest BCUT2D eigenvalue weighted by atomic mass is 10.2. The summed E-state index contributed by atoms with van der Waals surface area (Å²) in [6.07, 6.45) is 1.60. The Kier molecular flexibility index (Phi) is 3.74. The maximum atomic E-state index is 5.31. The van der Waals surface area contributed by atoms with Gasteiger partial charge in [0.2, 0.25) is 0 Å². The Balaban J connectivity index is 2.72. The summed E-state index contributed by atoms with van der Waals surface area (Å²) in [6.45, 7) is 0.475. The van der Waals surface area contributed by atoms with Crippen molar-refractivity contribution in [2.75, 3.05) is 13.7 Å². The highest BCUT2D eigenvalue weighted by molar-refractivity contribution is 9.10. The van der Waals surface area contributed by atoms with Gasteiger partial charge in [-0.3, -0.25) is 5.84 Å². The van der Waals surface area contributed by atoms with Gasteiger partial charge >= 0.3 is 0 Å². The summed E-state index contributed by atoms with van der Waals surface area (Å²) in [7, 11) is 1.61. The van der Waals surface area contributed by atoms with E-state index in [1.165, 1.54) is 0 Å². The summed E-state index contributed by atoms with van der Waals surface area (Å²) in [6, 6.07) is 1.70. The summed E-state index contributed by atoms with van der Waals surface area (Å²) in [5, 5.41) is 0. The lowest BCUT2D eigenvalue weighted by molar-refractivity contribution is 0.157. The summed E-state index contributed by atoms with van der Waals surface area (Å²) < 4.78 is 11.0. The molecule has 1 unspecified atom stereocenters. The number of halogens is 1. The van der Waals surface area contributed by atoms with Crippen LogP contribution in [-0.4, -0.2) is 13.7 Å². The van der Waals surface area contributed by atoms with Gasteiger partial charge in [-0.15, -0.1) is 0 Å². The lowest BCUT2D eigenvalue weighted by Crippen LogP contribution is -2.30. The number of hydrogen-bond donors (Lipinski definition) is 2. The molecule has 5 heteroatoms.